The van der Waals surface area contributed by atoms with Gasteiger partial charge in [-0.15, -0.1) is 0 Å². The number of carbonyl (C=O) groups is 1. The fourth-order valence-corrected chi connectivity index (χ4v) is 4.45. The minimum absolute atomic E-state index is 0.00161. The van der Waals surface area contributed by atoms with Crippen molar-refractivity contribution in [2.24, 2.45) is 0 Å². The first-order valence-electron chi connectivity index (χ1n) is 11.3. The van der Waals surface area contributed by atoms with Gasteiger partial charge >= 0.3 is 0 Å². The molecule has 1 aliphatic heterocycles. The van der Waals surface area contributed by atoms with E-state index in [1.807, 2.05) is 12.1 Å². The van der Waals surface area contributed by atoms with Crippen molar-refractivity contribution >= 4 is 31.1 Å². The lowest BCUT2D eigenvalue weighted by molar-refractivity contribution is 0.102. The number of aromatic nitrogens is 3. The first kappa shape index (κ1) is 22.3. The van der Waals surface area contributed by atoms with Crippen LogP contribution >= 0.6 is 0 Å². The highest BCUT2D eigenvalue weighted by atomic mass is 16.5. The number of nitrogens with one attached hydrogen (secondary N) is 1. The number of pyridine rings is 1. The lowest BCUT2D eigenvalue weighted by atomic mass is 9.88. The third kappa shape index (κ3) is 4.60. The summed E-state index contributed by atoms with van der Waals surface area (Å²) < 4.78 is 10.5. The third-order valence-corrected chi connectivity index (χ3v) is 6.29. The molecule has 2 aliphatic rings. The lowest BCUT2D eigenvalue weighted by Crippen LogP contribution is -2.36. The molecular weight excluding hydrogens is 431 g/mol. The van der Waals surface area contributed by atoms with Crippen molar-refractivity contribution in [1.29, 1.82) is 0 Å². The zero-order chi connectivity index (χ0) is 23.5. The van der Waals surface area contributed by atoms with Crippen LogP contribution in [0.25, 0.3) is 11.3 Å². The Morgan fingerprint density at radius 1 is 1.21 bits per heavy atom. The van der Waals surface area contributed by atoms with Crippen LogP contribution in [0.15, 0.2) is 42.9 Å². The Morgan fingerprint density at radius 2 is 2.06 bits per heavy atom. The van der Waals surface area contributed by atoms with E-state index >= 15 is 0 Å². The van der Waals surface area contributed by atoms with E-state index in [2.05, 4.69) is 37.3 Å². The van der Waals surface area contributed by atoms with Crippen LogP contribution in [0.3, 0.4) is 0 Å². The van der Waals surface area contributed by atoms with Crippen molar-refractivity contribution in [1.82, 2.24) is 15.0 Å². The highest BCUT2D eigenvalue weighted by Crippen LogP contribution is 2.29. The first-order chi connectivity index (χ1) is 16.6. The molecule has 2 aromatic heterocycles. The maximum Gasteiger partial charge on any atom is 0.283 e. The number of nitrogens with zero attached hydrogens (tertiary/aromatic N) is 4. The second kappa shape index (κ2) is 9.78. The molecule has 1 amide bonds. The summed E-state index contributed by atoms with van der Waals surface area (Å²) in [5.74, 6) is -0.378. The van der Waals surface area contributed by atoms with Gasteiger partial charge in [0.05, 0.1) is 42.7 Å². The number of carbonyl (C=O) groups excluding carboxylic acids is 1. The number of ether oxygens (including phenoxy) is 1. The van der Waals surface area contributed by atoms with Gasteiger partial charge < -0.3 is 25.3 Å². The monoisotopic (exact) mass is 456 g/mol. The van der Waals surface area contributed by atoms with E-state index < -0.39 is 5.91 Å². The van der Waals surface area contributed by atoms with Gasteiger partial charge in [-0.3, -0.25) is 9.78 Å². The minimum atomic E-state index is -0.441. The van der Waals surface area contributed by atoms with Crippen LogP contribution in [0, 0.1) is 0 Å². The van der Waals surface area contributed by atoms with Crippen LogP contribution in [0.5, 0.6) is 0 Å². The van der Waals surface area contributed by atoms with Crippen LogP contribution in [0.2, 0.25) is 0 Å². The third-order valence-electron chi connectivity index (χ3n) is 6.29. The smallest absolute Gasteiger partial charge is 0.283 e. The fourth-order valence-electron chi connectivity index (χ4n) is 4.45. The molecule has 9 nitrogen and oxygen atoms in total. The van der Waals surface area contributed by atoms with Crippen molar-refractivity contribution in [3.05, 3.63) is 59.7 Å². The van der Waals surface area contributed by atoms with Crippen molar-refractivity contribution in [3.63, 3.8) is 0 Å². The van der Waals surface area contributed by atoms with Crippen LogP contribution in [0.4, 0.5) is 17.2 Å². The standard InChI is InChI=1S/C24H25BN6O3/c25-34-18-4-3-15-1-2-16(11-17(15)12-18)19-14-28-23(26)22(29-19)24(32)30-20-13-27-6-5-21(20)31-7-9-33-10-8-31/h1-2,5-6,11,13-14,18H,3-4,7-10,12H2,(H2,26,28)(H,30,32). The molecule has 172 valence electrons. The fraction of sp³-hybridized carbons (Fsp3) is 0.333. The Kier molecular flexibility index (Phi) is 6.42. The molecule has 2 radical (unpaired) electrons. The molecule has 3 aromatic rings. The first-order valence-corrected chi connectivity index (χ1v) is 11.3. The average Bonchev–Trinajstić information content (AvgIpc) is 2.89. The Labute approximate surface area is 199 Å². The van der Waals surface area contributed by atoms with Crippen molar-refractivity contribution in [3.8, 4) is 11.3 Å². The number of fused-ring (bicyclic) bond motifs is 1. The Bertz CT molecular complexity index is 1200. The number of morpholine rings is 1. The Hall–Kier alpha value is -3.50. The summed E-state index contributed by atoms with van der Waals surface area (Å²) in [5, 5.41) is 2.91. The number of hydrogen-bond donors (Lipinski definition) is 2. The molecule has 0 spiro atoms. The number of anilines is 3. The highest BCUT2D eigenvalue weighted by molar-refractivity contribution is 6.07. The molecule has 1 aromatic carbocycles. The maximum atomic E-state index is 13.2. The molecule has 1 atom stereocenters. The predicted octanol–water partition coefficient (Wildman–Crippen LogP) is 2.17. The lowest BCUT2D eigenvalue weighted by Gasteiger charge is -2.30. The molecular formula is C24H25BN6O3. The molecule has 3 heterocycles. The number of rotatable bonds is 5. The normalized spacial score (nSPS) is 17.8. The molecule has 1 saturated heterocycles. The van der Waals surface area contributed by atoms with Gasteiger partial charge in [0.25, 0.3) is 14.0 Å². The molecule has 1 aliphatic carbocycles. The maximum absolute atomic E-state index is 13.2. The van der Waals surface area contributed by atoms with E-state index in [1.165, 1.54) is 5.56 Å². The van der Waals surface area contributed by atoms with E-state index in [-0.39, 0.29) is 17.6 Å². The summed E-state index contributed by atoms with van der Waals surface area (Å²) in [6.07, 6.45) is 7.45. The zero-order valence-electron chi connectivity index (χ0n) is 18.7. The second-order valence-electron chi connectivity index (χ2n) is 8.42. The Balaban J connectivity index is 1.40. The quantitative estimate of drug-likeness (QED) is 0.562. The van der Waals surface area contributed by atoms with Crippen LogP contribution in [-0.4, -0.2) is 61.3 Å². The molecule has 0 bridgehead atoms. The largest absolute Gasteiger partial charge is 0.445 e. The van der Waals surface area contributed by atoms with Crippen LogP contribution in [-0.2, 0) is 22.2 Å². The summed E-state index contributed by atoms with van der Waals surface area (Å²) in [6, 6.07) is 8.00. The molecule has 10 heteroatoms. The average molecular weight is 456 g/mol. The van der Waals surface area contributed by atoms with Gasteiger partial charge in [-0.25, -0.2) is 9.97 Å². The van der Waals surface area contributed by atoms with E-state index in [9.17, 15) is 4.79 Å². The summed E-state index contributed by atoms with van der Waals surface area (Å²) in [6.45, 7) is 2.74. The van der Waals surface area contributed by atoms with Gasteiger partial charge in [0.2, 0.25) is 0 Å². The number of amides is 1. The number of hydrogen-bond acceptors (Lipinski definition) is 8. The summed E-state index contributed by atoms with van der Waals surface area (Å²) in [7, 11) is 5.41. The molecule has 5 rings (SSSR count). The summed E-state index contributed by atoms with van der Waals surface area (Å²) >= 11 is 0. The summed E-state index contributed by atoms with van der Waals surface area (Å²) in [5.41, 5.74) is 11.4. The van der Waals surface area contributed by atoms with E-state index in [0.29, 0.717) is 24.6 Å². The van der Waals surface area contributed by atoms with Crippen LogP contribution in [0.1, 0.15) is 28.0 Å². The van der Waals surface area contributed by atoms with Gasteiger partial charge in [-0.1, -0.05) is 12.1 Å². The molecule has 1 fully saturated rings. The van der Waals surface area contributed by atoms with E-state index in [0.717, 1.165) is 49.2 Å². The molecule has 0 saturated carbocycles. The summed E-state index contributed by atoms with van der Waals surface area (Å²) in [4.78, 5) is 28.3. The zero-order valence-corrected chi connectivity index (χ0v) is 18.7. The molecule has 34 heavy (non-hydrogen) atoms. The second-order valence-corrected chi connectivity index (χ2v) is 8.42. The van der Waals surface area contributed by atoms with Crippen molar-refractivity contribution < 1.29 is 14.2 Å². The van der Waals surface area contributed by atoms with Gasteiger partial charge in [-0.2, -0.15) is 0 Å². The van der Waals surface area contributed by atoms with Gasteiger partial charge in [0.1, 0.15) is 0 Å². The topological polar surface area (TPSA) is 115 Å². The number of aryl methyl sites for hydroxylation is 1. The number of nitrogens with two attached hydrogens (primary N) is 1. The highest BCUT2D eigenvalue weighted by Gasteiger charge is 2.21. The molecule has 3 N–H and O–H groups in total. The number of benzene rings is 1. The SMILES string of the molecule is [B]OC1CCc2ccc(-c3cnc(N)c(C(=O)Nc4cnccc4N4CCOCC4)n3)cc2C1. The number of nitrogen functional groups attached to an aromatic ring is 1. The minimum Gasteiger partial charge on any atom is -0.445 e. The van der Waals surface area contributed by atoms with Gasteiger partial charge in [0.15, 0.2) is 11.5 Å². The van der Waals surface area contributed by atoms with Crippen molar-refractivity contribution in [2.45, 2.75) is 25.4 Å². The van der Waals surface area contributed by atoms with Crippen molar-refractivity contribution in [2.75, 3.05) is 42.3 Å². The van der Waals surface area contributed by atoms with E-state index in [4.69, 9.17) is 23.2 Å². The van der Waals surface area contributed by atoms with Gasteiger partial charge in [0, 0.05) is 31.0 Å². The molecule has 1 unspecified atom stereocenters. The van der Waals surface area contributed by atoms with Gasteiger partial charge in [-0.05, 0) is 42.5 Å². The predicted molar refractivity (Wildman–Crippen MR) is 130 cm³/mol. The Morgan fingerprint density at radius 3 is 2.88 bits per heavy atom. The van der Waals surface area contributed by atoms with Crippen LogP contribution < -0.4 is 16.0 Å². The van der Waals surface area contributed by atoms with E-state index in [1.54, 1.807) is 18.6 Å².